The van der Waals surface area contributed by atoms with Gasteiger partial charge in [0.2, 0.25) is 0 Å². The highest BCUT2D eigenvalue weighted by atomic mass is 15.0. The van der Waals surface area contributed by atoms with Gasteiger partial charge in [0.1, 0.15) is 0 Å². The first-order valence-corrected chi connectivity index (χ1v) is 5.96. The molecular weight excluding hydrogens is 194 g/mol. The monoisotopic (exact) mass is 213 g/mol. The number of hydrogen-bond donors (Lipinski definition) is 0. The fourth-order valence-corrected chi connectivity index (χ4v) is 2.19. The molecule has 0 spiro atoms. The second kappa shape index (κ2) is 4.56. The maximum atomic E-state index is 2.41. The van der Waals surface area contributed by atoms with Crippen molar-refractivity contribution in [3.05, 3.63) is 47.7 Å². The molecule has 2 rings (SSSR count). The summed E-state index contributed by atoms with van der Waals surface area (Å²) in [6, 6.07) is 13.0. The van der Waals surface area contributed by atoms with E-state index < -0.39 is 0 Å². The average molecular weight is 213 g/mol. The van der Waals surface area contributed by atoms with Crippen LogP contribution in [0, 0.1) is 13.8 Å². The van der Waals surface area contributed by atoms with Crippen molar-refractivity contribution < 1.29 is 0 Å². The van der Waals surface area contributed by atoms with Gasteiger partial charge >= 0.3 is 0 Å². The highest BCUT2D eigenvalue weighted by molar-refractivity contribution is 5.64. The summed E-state index contributed by atoms with van der Waals surface area (Å²) in [5.74, 6) is 0. The van der Waals surface area contributed by atoms with E-state index >= 15 is 0 Å². The predicted octanol–water partition coefficient (Wildman–Crippen LogP) is 4.18. The summed E-state index contributed by atoms with van der Waals surface area (Å²) < 4.78 is 2.41. The molecule has 0 unspecified atom stereocenters. The molecule has 84 valence electrons. The molecule has 0 aliphatic rings. The lowest BCUT2D eigenvalue weighted by atomic mass is 10.1. The summed E-state index contributed by atoms with van der Waals surface area (Å²) >= 11 is 0. The molecular formula is C15H19N. The Balaban J connectivity index is 2.52. The zero-order valence-corrected chi connectivity index (χ0v) is 10.3. The van der Waals surface area contributed by atoms with Gasteiger partial charge in [-0.05, 0) is 38.0 Å². The molecule has 1 aromatic heterocycles. The van der Waals surface area contributed by atoms with Gasteiger partial charge in [0.25, 0.3) is 0 Å². The Labute approximate surface area is 97.7 Å². The molecule has 0 bridgehead atoms. The number of hydrogen-bond acceptors (Lipinski definition) is 0. The van der Waals surface area contributed by atoms with Gasteiger partial charge in [-0.1, -0.05) is 31.2 Å². The quantitative estimate of drug-likeness (QED) is 0.720. The van der Waals surface area contributed by atoms with Gasteiger partial charge in [0.15, 0.2) is 0 Å². The average Bonchev–Trinajstić information content (AvgIpc) is 2.62. The van der Waals surface area contributed by atoms with Crippen LogP contribution in [0.15, 0.2) is 36.4 Å². The molecule has 2 aromatic rings. The SMILES string of the molecule is CCCn1c(C)ccc1-c1ccccc1C. The van der Waals surface area contributed by atoms with E-state index in [-0.39, 0.29) is 0 Å². The summed E-state index contributed by atoms with van der Waals surface area (Å²) in [6.07, 6.45) is 1.18. The molecule has 0 fully saturated rings. The third-order valence-corrected chi connectivity index (χ3v) is 3.07. The van der Waals surface area contributed by atoms with Crippen LogP contribution in [0.25, 0.3) is 11.3 Å². The fraction of sp³-hybridized carbons (Fsp3) is 0.333. The molecule has 0 aliphatic heterocycles. The van der Waals surface area contributed by atoms with Crippen LogP contribution >= 0.6 is 0 Å². The first kappa shape index (κ1) is 11.0. The molecule has 0 amide bonds. The first-order chi connectivity index (χ1) is 7.74. The van der Waals surface area contributed by atoms with Crippen molar-refractivity contribution >= 4 is 0 Å². The van der Waals surface area contributed by atoms with Crippen LogP contribution < -0.4 is 0 Å². The van der Waals surface area contributed by atoms with Crippen LogP contribution in [0.1, 0.15) is 24.6 Å². The Morgan fingerprint density at radius 1 is 1.00 bits per heavy atom. The van der Waals surface area contributed by atoms with Crippen molar-refractivity contribution in [3.63, 3.8) is 0 Å². The molecule has 1 nitrogen and oxygen atoms in total. The molecule has 0 aliphatic carbocycles. The Hall–Kier alpha value is -1.50. The van der Waals surface area contributed by atoms with Gasteiger partial charge in [-0.15, -0.1) is 0 Å². The van der Waals surface area contributed by atoms with Crippen molar-refractivity contribution in [1.82, 2.24) is 4.57 Å². The number of aryl methyl sites for hydroxylation is 2. The van der Waals surface area contributed by atoms with Crippen LogP contribution in [0.2, 0.25) is 0 Å². The minimum Gasteiger partial charge on any atom is -0.345 e. The molecule has 1 heterocycles. The van der Waals surface area contributed by atoms with E-state index in [2.05, 4.69) is 61.7 Å². The maximum absolute atomic E-state index is 2.41. The van der Waals surface area contributed by atoms with E-state index in [1.54, 1.807) is 0 Å². The molecule has 0 radical (unpaired) electrons. The van der Waals surface area contributed by atoms with E-state index in [0.29, 0.717) is 0 Å². The largest absolute Gasteiger partial charge is 0.345 e. The topological polar surface area (TPSA) is 4.93 Å². The van der Waals surface area contributed by atoms with E-state index in [4.69, 9.17) is 0 Å². The zero-order chi connectivity index (χ0) is 11.5. The van der Waals surface area contributed by atoms with Gasteiger partial charge in [0.05, 0.1) is 0 Å². The minimum absolute atomic E-state index is 1.10. The highest BCUT2D eigenvalue weighted by Crippen LogP contribution is 2.25. The highest BCUT2D eigenvalue weighted by Gasteiger charge is 2.08. The Morgan fingerprint density at radius 2 is 1.75 bits per heavy atom. The molecule has 0 saturated heterocycles. The predicted molar refractivity (Wildman–Crippen MR) is 69.6 cm³/mol. The Morgan fingerprint density at radius 3 is 2.44 bits per heavy atom. The first-order valence-electron chi connectivity index (χ1n) is 5.96. The maximum Gasteiger partial charge on any atom is 0.0485 e. The van der Waals surface area contributed by atoms with Crippen molar-refractivity contribution in [1.29, 1.82) is 0 Å². The molecule has 0 saturated carbocycles. The lowest BCUT2D eigenvalue weighted by Gasteiger charge is -2.12. The van der Waals surface area contributed by atoms with Gasteiger partial charge in [0, 0.05) is 23.5 Å². The fourth-order valence-electron chi connectivity index (χ4n) is 2.19. The van der Waals surface area contributed by atoms with Crippen molar-refractivity contribution in [2.75, 3.05) is 0 Å². The molecule has 0 N–H and O–H groups in total. The van der Waals surface area contributed by atoms with Gasteiger partial charge in [-0.2, -0.15) is 0 Å². The lowest BCUT2D eigenvalue weighted by molar-refractivity contribution is 0.671. The number of rotatable bonds is 3. The molecule has 0 atom stereocenters. The lowest BCUT2D eigenvalue weighted by Crippen LogP contribution is -2.01. The standard InChI is InChI=1S/C15H19N/c1-4-11-16-13(3)9-10-15(16)14-8-6-5-7-12(14)2/h5-10H,4,11H2,1-3H3. The number of benzene rings is 1. The van der Waals surface area contributed by atoms with Gasteiger partial charge in [-0.3, -0.25) is 0 Å². The summed E-state index contributed by atoms with van der Waals surface area (Å²) in [5, 5.41) is 0. The number of nitrogens with zero attached hydrogens (tertiary/aromatic N) is 1. The Kier molecular flexibility index (Phi) is 3.14. The zero-order valence-electron chi connectivity index (χ0n) is 10.3. The third-order valence-electron chi connectivity index (χ3n) is 3.07. The molecule has 1 aromatic carbocycles. The third kappa shape index (κ3) is 1.90. The van der Waals surface area contributed by atoms with Crippen LogP contribution in [0.4, 0.5) is 0 Å². The van der Waals surface area contributed by atoms with E-state index in [1.165, 1.54) is 28.9 Å². The summed E-state index contributed by atoms with van der Waals surface area (Å²) in [4.78, 5) is 0. The summed E-state index contributed by atoms with van der Waals surface area (Å²) in [7, 11) is 0. The van der Waals surface area contributed by atoms with Crippen LogP contribution in [-0.2, 0) is 6.54 Å². The summed E-state index contributed by atoms with van der Waals surface area (Å²) in [6.45, 7) is 7.68. The van der Waals surface area contributed by atoms with E-state index in [1.807, 2.05) is 0 Å². The smallest absolute Gasteiger partial charge is 0.0485 e. The Bertz CT molecular complexity index is 480. The van der Waals surface area contributed by atoms with Gasteiger partial charge < -0.3 is 4.57 Å². The van der Waals surface area contributed by atoms with E-state index in [0.717, 1.165) is 6.54 Å². The van der Waals surface area contributed by atoms with Crippen molar-refractivity contribution in [2.24, 2.45) is 0 Å². The minimum atomic E-state index is 1.10. The van der Waals surface area contributed by atoms with Crippen LogP contribution in [0.3, 0.4) is 0 Å². The van der Waals surface area contributed by atoms with Crippen molar-refractivity contribution in [3.8, 4) is 11.3 Å². The second-order valence-electron chi connectivity index (χ2n) is 4.33. The summed E-state index contributed by atoms with van der Waals surface area (Å²) in [5.41, 5.74) is 5.39. The van der Waals surface area contributed by atoms with Crippen LogP contribution in [-0.4, -0.2) is 4.57 Å². The van der Waals surface area contributed by atoms with Crippen LogP contribution in [0.5, 0.6) is 0 Å². The second-order valence-corrected chi connectivity index (χ2v) is 4.33. The molecule has 16 heavy (non-hydrogen) atoms. The normalized spacial score (nSPS) is 10.7. The van der Waals surface area contributed by atoms with E-state index in [9.17, 15) is 0 Å². The number of aromatic nitrogens is 1. The van der Waals surface area contributed by atoms with Gasteiger partial charge in [-0.25, -0.2) is 0 Å². The van der Waals surface area contributed by atoms with Crippen molar-refractivity contribution in [2.45, 2.75) is 33.7 Å². The molecule has 1 heteroatoms.